The summed E-state index contributed by atoms with van der Waals surface area (Å²) in [5, 5.41) is 14.9. The third-order valence-electron chi connectivity index (χ3n) is 2.37. The zero-order chi connectivity index (χ0) is 14.7. The van der Waals surface area contributed by atoms with Crippen molar-refractivity contribution in [2.75, 3.05) is 5.32 Å². The van der Waals surface area contributed by atoms with Crippen LogP contribution in [0.2, 0.25) is 0 Å². The number of benzene rings is 1. The van der Waals surface area contributed by atoms with Gasteiger partial charge in [-0.3, -0.25) is 14.9 Å². The van der Waals surface area contributed by atoms with Crippen LogP contribution in [0.25, 0.3) is 0 Å². The molecule has 20 heavy (non-hydrogen) atoms. The molecule has 0 radical (unpaired) electrons. The number of thiazole rings is 1. The van der Waals surface area contributed by atoms with Crippen LogP contribution in [0.3, 0.4) is 0 Å². The van der Waals surface area contributed by atoms with Gasteiger partial charge in [-0.05, 0) is 6.07 Å². The maximum absolute atomic E-state index is 13.5. The van der Waals surface area contributed by atoms with Crippen LogP contribution >= 0.6 is 11.3 Å². The Bertz CT molecular complexity index is 673. The van der Waals surface area contributed by atoms with E-state index in [4.69, 9.17) is 5.73 Å². The Morgan fingerprint density at radius 1 is 1.55 bits per heavy atom. The summed E-state index contributed by atoms with van der Waals surface area (Å²) in [6.07, 6.45) is 0. The molecule has 3 N–H and O–H groups in total. The molecule has 0 unspecified atom stereocenters. The van der Waals surface area contributed by atoms with E-state index < -0.39 is 16.6 Å². The summed E-state index contributed by atoms with van der Waals surface area (Å²) in [4.78, 5) is 25.7. The highest BCUT2D eigenvalue weighted by Crippen LogP contribution is 2.22. The number of halogens is 1. The van der Waals surface area contributed by atoms with E-state index >= 15 is 0 Å². The molecule has 1 amide bonds. The van der Waals surface area contributed by atoms with E-state index in [9.17, 15) is 19.3 Å². The molecule has 1 aromatic carbocycles. The van der Waals surface area contributed by atoms with E-state index in [1.165, 1.54) is 16.7 Å². The lowest BCUT2D eigenvalue weighted by Crippen LogP contribution is -2.14. The fraction of sp³-hybridized carbons (Fsp3) is 0.0909. The van der Waals surface area contributed by atoms with E-state index in [1.54, 1.807) is 0 Å². The summed E-state index contributed by atoms with van der Waals surface area (Å²) in [5.41, 5.74) is 4.87. The van der Waals surface area contributed by atoms with Gasteiger partial charge in [0.1, 0.15) is 16.5 Å². The number of nitro groups is 1. The molecule has 0 saturated carbocycles. The van der Waals surface area contributed by atoms with Gasteiger partial charge in [0.2, 0.25) is 0 Å². The number of rotatable bonds is 4. The quantitative estimate of drug-likeness (QED) is 0.661. The number of aromatic nitrogens is 1. The summed E-state index contributed by atoms with van der Waals surface area (Å²) in [6.45, 7) is 0.198. The monoisotopic (exact) mass is 296 g/mol. The molecule has 0 aliphatic heterocycles. The number of nitrogens with two attached hydrogens (primary N) is 1. The van der Waals surface area contributed by atoms with Crippen molar-refractivity contribution in [3.05, 3.63) is 50.2 Å². The van der Waals surface area contributed by atoms with Gasteiger partial charge < -0.3 is 11.1 Å². The van der Waals surface area contributed by atoms with Crippen molar-refractivity contribution in [3.8, 4) is 0 Å². The van der Waals surface area contributed by atoms with Crippen molar-refractivity contribution in [2.24, 2.45) is 5.73 Å². The lowest BCUT2D eigenvalue weighted by molar-refractivity contribution is -0.384. The number of anilines is 1. The first kappa shape index (κ1) is 14.0. The number of nitrogens with zero attached hydrogens (tertiary/aromatic N) is 2. The number of non-ortho nitro benzene ring substituents is 1. The second kappa shape index (κ2) is 5.72. The van der Waals surface area contributed by atoms with Gasteiger partial charge in [-0.15, -0.1) is 11.3 Å². The zero-order valence-corrected chi connectivity index (χ0v) is 10.8. The third kappa shape index (κ3) is 2.95. The van der Waals surface area contributed by atoms with Gasteiger partial charge in [0, 0.05) is 24.1 Å². The van der Waals surface area contributed by atoms with E-state index in [-0.39, 0.29) is 23.6 Å². The third-order valence-corrected chi connectivity index (χ3v) is 3.24. The van der Waals surface area contributed by atoms with Crippen LogP contribution in [0.1, 0.15) is 15.5 Å². The minimum absolute atomic E-state index is 0.0846. The van der Waals surface area contributed by atoms with Crippen molar-refractivity contribution < 1.29 is 14.1 Å². The van der Waals surface area contributed by atoms with Crippen LogP contribution in [0.4, 0.5) is 15.8 Å². The summed E-state index contributed by atoms with van der Waals surface area (Å²) >= 11 is 1.20. The fourth-order valence-electron chi connectivity index (χ4n) is 1.42. The molecule has 2 aromatic rings. The largest absolute Gasteiger partial charge is 0.325 e. The Kier molecular flexibility index (Phi) is 4.01. The molecule has 0 atom stereocenters. The standard InChI is InChI=1S/C11H9FN4O3S/c12-7-2-1-6(16(18)19)3-8(7)15-11(17)9-5-20-10(4-13)14-9/h1-3,5H,4,13H2,(H,15,17). The Balaban J connectivity index is 2.22. The highest BCUT2D eigenvalue weighted by atomic mass is 32.1. The predicted molar refractivity (Wildman–Crippen MR) is 71.0 cm³/mol. The van der Waals surface area contributed by atoms with Crippen LogP contribution in [-0.4, -0.2) is 15.8 Å². The van der Waals surface area contributed by atoms with Crippen LogP contribution < -0.4 is 11.1 Å². The first-order valence-electron chi connectivity index (χ1n) is 5.41. The van der Waals surface area contributed by atoms with Gasteiger partial charge in [0.25, 0.3) is 11.6 Å². The normalized spacial score (nSPS) is 10.3. The first-order valence-corrected chi connectivity index (χ1v) is 6.29. The van der Waals surface area contributed by atoms with Crippen molar-refractivity contribution in [2.45, 2.75) is 6.54 Å². The van der Waals surface area contributed by atoms with Crippen LogP contribution in [0.15, 0.2) is 23.6 Å². The lowest BCUT2D eigenvalue weighted by atomic mass is 10.2. The van der Waals surface area contributed by atoms with E-state index in [0.717, 1.165) is 18.2 Å². The second-order valence-electron chi connectivity index (χ2n) is 3.71. The average Bonchev–Trinajstić information content (AvgIpc) is 2.89. The molecule has 0 fully saturated rings. The van der Waals surface area contributed by atoms with Crippen molar-refractivity contribution >= 4 is 28.6 Å². The minimum atomic E-state index is -0.766. The van der Waals surface area contributed by atoms with Crippen LogP contribution in [0, 0.1) is 15.9 Å². The lowest BCUT2D eigenvalue weighted by Gasteiger charge is -2.04. The SMILES string of the molecule is NCc1nc(C(=O)Nc2cc([N+](=O)[O-])ccc2F)cs1. The molecule has 104 valence electrons. The van der Waals surface area contributed by atoms with Gasteiger partial charge in [-0.1, -0.05) is 0 Å². The highest BCUT2D eigenvalue weighted by molar-refractivity contribution is 7.09. The maximum Gasteiger partial charge on any atom is 0.275 e. The van der Waals surface area contributed by atoms with Gasteiger partial charge in [-0.25, -0.2) is 9.37 Å². The number of nitrogens with one attached hydrogen (secondary N) is 1. The molecule has 0 bridgehead atoms. The molecule has 0 aliphatic rings. The summed E-state index contributed by atoms with van der Waals surface area (Å²) in [5.74, 6) is -1.42. The van der Waals surface area contributed by atoms with Crippen LogP contribution in [-0.2, 0) is 6.54 Å². The van der Waals surface area contributed by atoms with Crippen LogP contribution in [0.5, 0.6) is 0 Å². The zero-order valence-electron chi connectivity index (χ0n) is 10.00. The van der Waals surface area contributed by atoms with Gasteiger partial charge in [0.15, 0.2) is 0 Å². The second-order valence-corrected chi connectivity index (χ2v) is 4.65. The Morgan fingerprint density at radius 2 is 2.30 bits per heavy atom. The smallest absolute Gasteiger partial charge is 0.275 e. The van der Waals surface area contributed by atoms with Gasteiger partial charge in [-0.2, -0.15) is 0 Å². The molecule has 9 heteroatoms. The van der Waals surface area contributed by atoms with Crippen molar-refractivity contribution in [1.29, 1.82) is 0 Å². The first-order chi connectivity index (χ1) is 9.51. The molecular weight excluding hydrogens is 287 g/mol. The molecule has 0 aliphatic carbocycles. The molecule has 2 rings (SSSR count). The van der Waals surface area contributed by atoms with E-state index in [0.29, 0.717) is 5.01 Å². The summed E-state index contributed by atoms with van der Waals surface area (Å²) in [6, 6.07) is 2.88. The van der Waals surface area contributed by atoms with Crippen molar-refractivity contribution in [3.63, 3.8) is 0 Å². The number of nitro benzene ring substituents is 1. The average molecular weight is 296 g/mol. The molecule has 1 aromatic heterocycles. The van der Waals surface area contributed by atoms with Gasteiger partial charge in [0.05, 0.1) is 10.6 Å². The molecular formula is C11H9FN4O3S. The topological polar surface area (TPSA) is 111 Å². The molecule has 0 spiro atoms. The Labute approximate surface area is 116 Å². The Hall–Kier alpha value is -2.39. The highest BCUT2D eigenvalue weighted by Gasteiger charge is 2.15. The Morgan fingerprint density at radius 3 is 2.90 bits per heavy atom. The minimum Gasteiger partial charge on any atom is -0.325 e. The van der Waals surface area contributed by atoms with Gasteiger partial charge >= 0.3 is 0 Å². The van der Waals surface area contributed by atoms with E-state index in [1.807, 2.05) is 0 Å². The summed E-state index contributed by atoms with van der Waals surface area (Å²) in [7, 11) is 0. The fourth-order valence-corrected chi connectivity index (χ4v) is 2.07. The summed E-state index contributed by atoms with van der Waals surface area (Å²) < 4.78 is 13.5. The number of amides is 1. The molecule has 7 nitrogen and oxygen atoms in total. The number of carbonyl (C=O) groups is 1. The number of hydrogen-bond donors (Lipinski definition) is 2. The number of carbonyl (C=O) groups excluding carboxylic acids is 1. The molecule has 1 heterocycles. The number of hydrogen-bond acceptors (Lipinski definition) is 6. The molecule has 0 saturated heterocycles. The van der Waals surface area contributed by atoms with E-state index in [2.05, 4.69) is 10.3 Å². The van der Waals surface area contributed by atoms with Crippen molar-refractivity contribution in [1.82, 2.24) is 4.98 Å². The predicted octanol–water partition coefficient (Wildman–Crippen LogP) is 1.90. The maximum atomic E-state index is 13.5.